The molecule has 0 fully saturated rings. The van der Waals surface area contributed by atoms with Gasteiger partial charge in [0.25, 0.3) is 0 Å². The van der Waals surface area contributed by atoms with Crippen LogP contribution >= 0.6 is 11.8 Å². The van der Waals surface area contributed by atoms with Gasteiger partial charge in [-0.05, 0) is 65.6 Å². The second-order valence-electron chi connectivity index (χ2n) is 8.45. The first kappa shape index (κ1) is 21.8. The van der Waals surface area contributed by atoms with E-state index in [-0.39, 0.29) is 0 Å². The largest absolute Gasteiger partial charge is 0.508 e. The van der Waals surface area contributed by atoms with Gasteiger partial charge in [-0.15, -0.1) is 0 Å². The quantitative estimate of drug-likeness (QED) is 0.348. The molecule has 2 aromatic carbocycles. The predicted molar refractivity (Wildman–Crippen MR) is 138 cm³/mol. The Bertz CT molecular complexity index is 1310. The number of phenolic OH excluding ortho intramolecular Hbond substituents is 1. The number of benzene rings is 2. The van der Waals surface area contributed by atoms with Gasteiger partial charge in [0.05, 0.1) is 17.4 Å². The summed E-state index contributed by atoms with van der Waals surface area (Å²) in [6, 6.07) is 11.9. The number of aryl methyl sites for hydroxylation is 1. The molecule has 1 aliphatic heterocycles. The summed E-state index contributed by atoms with van der Waals surface area (Å²) >= 11 is 1.90. The Morgan fingerprint density at radius 2 is 2.09 bits per heavy atom. The second kappa shape index (κ2) is 9.45. The van der Waals surface area contributed by atoms with Crippen LogP contribution in [0.3, 0.4) is 0 Å². The fraction of sp³-hybridized carbons (Fsp3) is 0.308. The van der Waals surface area contributed by atoms with Gasteiger partial charge < -0.3 is 10.1 Å². The van der Waals surface area contributed by atoms with E-state index >= 15 is 0 Å². The number of hydrogen-bond acceptors (Lipinski definition) is 5. The van der Waals surface area contributed by atoms with Crippen LogP contribution in [0.1, 0.15) is 24.6 Å². The third-order valence-electron chi connectivity index (χ3n) is 6.39. The van der Waals surface area contributed by atoms with Crippen LogP contribution < -0.4 is 0 Å². The van der Waals surface area contributed by atoms with E-state index in [0.717, 1.165) is 77.3 Å². The van der Waals surface area contributed by atoms with Gasteiger partial charge in [0.15, 0.2) is 5.82 Å². The minimum absolute atomic E-state index is 0.301. The number of nitrogens with one attached hydrogen (secondary N) is 2. The highest BCUT2D eigenvalue weighted by Gasteiger charge is 2.17. The molecule has 0 saturated carbocycles. The lowest BCUT2D eigenvalue weighted by molar-refractivity contribution is 0.321. The first-order valence-electron chi connectivity index (χ1n) is 11.4. The Morgan fingerprint density at radius 3 is 2.88 bits per heavy atom. The molecule has 2 aromatic heterocycles. The molecule has 0 radical (unpaired) electrons. The molecule has 0 amide bonds. The standard InChI is InChI=1S/C26H29N5OS/c1-3-17-14-20(32)5-7-21(17)19-4-6-22-23(15-19)29-30-25(22)26-27-16-24(28-26)18-8-10-31(11-9-18)12-13-33-2/h4-8,14-16,32H,3,9-13H2,1-2H3,(H,27,28)(H,29,30). The Labute approximate surface area is 198 Å². The zero-order chi connectivity index (χ0) is 22.8. The van der Waals surface area contributed by atoms with E-state index in [1.807, 2.05) is 30.1 Å². The van der Waals surface area contributed by atoms with Gasteiger partial charge in [-0.3, -0.25) is 10.00 Å². The normalized spacial score (nSPS) is 14.7. The van der Waals surface area contributed by atoms with E-state index < -0.39 is 0 Å². The predicted octanol–water partition coefficient (Wildman–Crippen LogP) is 5.34. The fourth-order valence-electron chi connectivity index (χ4n) is 4.51. The summed E-state index contributed by atoms with van der Waals surface area (Å²) in [6.45, 7) is 5.33. The molecule has 0 aliphatic carbocycles. The summed E-state index contributed by atoms with van der Waals surface area (Å²) < 4.78 is 0. The lowest BCUT2D eigenvalue weighted by atomic mass is 9.97. The molecule has 0 saturated heterocycles. The molecule has 5 rings (SSSR count). The number of phenols is 1. The minimum Gasteiger partial charge on any atom is -0.508 e. The van der Waals surface area contributed by atoms with Crippen molar-refractivity contribution in [1.82, 2.24) is 25.1 Å². The number of H-pyrrole nitrogens is 2. The van der Waals surface area contributed by atoms with Crippen molar-refractivity contribution < 1.29 is 5.11 Å². The first-order chi connectivity index (χ1) is 16.2. The van der Waals surface area contributed by atoms with Crippen LogP contribution in [0.15, 0.2) is 48.7 Å². The summed E-state index contributed by atoms with van der Waals surface area (Å²) in [7, 11) is 0. The first-order valence-corrected chi connectivity index (χ1v) is 12.8. The van der Waals surface area contributed by atoms with E-state index in [9.17, 15) is 5.11 Å². The number of imidazole rings is 1. The lowest BCUT2D eigenvalue weighted by Gasteiger charge is -2.25. The number of aromatic nitrogens is 4. The maximum atomic E-state index is 9.83. The number of aromatic amines is 2. The van der Waals surface area contributed by atoms with E-state index in [2.05, 4.69) is 62.5 Å². The maximum absolute atomic E-state index is 9.83. The molecular weight excluding hydrogens is 430 g/mol. The van der Waals surface area contributed by atoms with Crippen LogP contribution in [0, 0.1) is 0 Å². The number of rotatable bonds is 7. The molecule has 1 aliphatic rings. The highest BCUT2D eigenvalue weighted by Crippen LogP contribution is 2.32. The highest BCUT2D eigenvalue weighted by molar-refractivity contribution is 7.98. The molecule has 0 spiro atoms. The summed E-state index contributed by atoms with van der Waals surface area (Å²) in [4.78, 5) is 10.6. The van der Waals surface area contributed by atoms with Crippen LogP contribution in [0.5, 0.6) is 5.75 Å². The van der Waals surface area contributed by atoms with Crippen molar-refractivity contribution >= 4 is 28.2 Å². The summed E-state index contributed by atoms with van der Waals surface area (Å²) in [6.07, 6.45) is 8.30. The van der Waals surface area contributed by atoms with Crippen LogP contribution in [-0.2, 0) is 6.42 Å². The molecule has 0 unspecified atom stereocenters. The summed E-state index contributed by atoms with van der Waals surface area (Å²) in [5, 5.41) is 18.6. The van der Waals surface area contributed by atoms with Gasteiger partial charge in [-0.2, -0.15) is 16.9 Å². The van der Waals surface area contributed by atoms with Crippen molar-refractivity contribution in [3.8, 4) is 28.4 Å². The maximum Gasteiger partial charge on any atom is 0.159 e. The van der Waals surface area contributed by atoms with Gasteiger partial charge in [0.2, 0.25) is 0 Å². The van der Waals surface area contributed by atoms with E-state index in [0.29, 0.717) is 5.75 Å². The average molecular weight is 460 g/mol. The molecular formula is C26H29N5OS. The zero-order valence-corrected chi connectivity index (χ0v) is 19.9. The van der Waals surface area contributed by atoms with Gasteiger partial charge >= 0.3 is 0 Å². The molecule has 6 nitrogen and oxygen atoms in total. The van der Waals surface area contributed by atoms with Crippen molar-refractivity contribution in [1.29, 1.82) is 0 Å². The third kappa shape index (κ3) is 4.43. The number of nitrogens with zero attached hydrogens (tertiary/aromatic N) is 3. The average Bonchev–Trinajstić information content (AvgIpc) is 3.49. The number of hydrogen-bond donors (Lipinski definition) is 3. The summed E-state index contributed by atoms with van der Waals surface area (Å²) in [5.41, 5.74) is 7.57. The number of aromatic hydroxyl groups is 1. The molecule has 3 heterocycles. The van der Waals surface area contributed by atoms with Crippen molar-refractivity contribution in [2.45, 2.75) is 19.8 Å². The molecule has 0 bridgehead atoms. The van der Waals surface area contributed by atoms with Crippen LogP contribution in [0.4, 0.5) is 0 Å². The molecule has 7 heteroatoms. The van der Waals surface area contributed by atoms with Gasteiger partial charge in [-0.25, -0.2) is 4.98 Å². The van der Waals surface area contributed by atoms with Crippen LogP contribution in [0.2, 0.25) is 0 Å². The molecule has 170 valence electrons. The lowest BCUT2D eigenvalue weighted by Crippen LogP contribution is -2.30. The van der Waals surface area contributed by atoms with Crippen molar-refractivity contribution in [3.05, 3.63) is 59.9 Å². The summed E-state index contributed by atoms with van der Waals surface area (Å²) in [5.74, 6) is 2.26. The molecule has 0 atom stereocenters. The highest BCUT2D eigenvalue weighted by atomic mass is 32.2. The van der Waals surface area contributed by atoms with Gasteiger partial charge in [-0.1, -0.05) is 25.1 Å². The molecule has 3 N–H and O–H groups in total. The van der Waals surface area contributed by atoms with Crippen molar-refractivity contribution in [2.75, 3.05) is 31.6 Å². The topological polar surface area (TPSA) is 80.8 Å². The third-order valence-corrected chi connectivity index (χ3v) is 6.99. The second-order valence-corrected chi connectivity index (χ2v) is 9.43. The molecule has 4 aromatic rings. The van der Waals surface area contributed by atoms with Crippen molar-refractivity contribution in [3.63, 3.8) is 0 Å². The van der Waals surface area contributed by atoms with E-state index in [1.54, 1.807) is 6.07 Å². The Hall–Kier alpha value is -3.03. The van der Waals surface area contributed by atoms with E-state index in [4.69, 9.17) is 0 Å². The van der Waals surface area contributed by atoms with E-state index in [1.165, 1.54) is 11.3 Å². The zero-order valence-electron chi connectivity index (χ0n) is 19.1. The van der Waals surface area contributed by atoms with Crippen molar-refractivity contribution in [2.24, 2.45) is 0 Å². The SMILES string of the molecule is CCc1cc(O)ccc1-c1ccc2c(-c3ncc(C4=CCN(CCSC)CC4)[nH]3)n[nH]c2c1. The smallest absolute Gasteiger partial charge is 0.159 e. The Kier molecular flexibility index (Phi) is 6.24. The Balaban J connectivity index is 1.40. The number of thioether (sulfide) groups is 1. The van der Waals surface area contributed by atoms with Crippen LogP contribution in [0.25, 0.3) is 39.1 Å². The minimum atomic E-state index is 0.301. The number of fused-ring (bicyclic) bond motifs is 1. The molecule has 33 heavy (non-hydrogen) atoms. The van der Waals surface area contributed by atoms with Crippen LogP contribution in [-0.4, -0.2) is 61.8 Å². The van der Waals surface area contributed by atoms with Gasteiger partial charge in [0.1, 0.15) is 11.4 Å². The monoisotopic (exact) mass is 459 g/mol. The Morgan fingerprint density at radius 1 is 1.18 bits per heavy atom. The fourth-order valence-corrected chi connectivity index (χ4v) is 4.95. The van der Waals surface area contributed by atoms with Gasteiger partial charge in [0, 0.05) is 30.8 Å².